The van der Waals surface area contributed by atoms with Crippen LogP contribution in [0.4, 0.5) is 0 Å². The molecular formula is C43H70N2O5. The minimum atomic E-state index is -0.782. The zero-order chi connectivity index (χ0) is 37.0. The first-order valence-corrected chi connectivity index (χ1v) is 19.8. The second-order valence-electron chi connectivity index (χ2n) is 17.0. The highest BCUT2D eigenvalue weighted by atomic mass is 16.4. The van der Waals surface area contributed by atoms with E-state index in [1.165, 1.54) is 77.0 Å². The van der Waals surface area contributed by atoms with Gasteiger partial charge in [0.25, 0.3) is 5.91 Å². The number of aryl methyl sites for hydroxylation is 1. The normalized spacial score (nSPS) is 32.5. The maximum atomic E-state index is 13.1. The van der Waals surface area contributed by atoms with Gasteiger partial charge in [0.15, 0.2) is 0 Å². The number of unbranched alkanes of at least 4 members (excludes halogenated alkanes) is 1. The van der Waals surface area contributed by atoms with Gasteiger partial charge in [-0.3, -0.25) is 14.4 Å². The monoisotopic (exact) mass is 695 g/mol. The Hall–Kier alpha value is -2.67. The maximum Gasteiger partial charge on any atom is 0.303 e. The number of carboxylic acids is 1. The molecule has 5 rings (SSSR count). The van der Waals surface area contributed by atoms with Crippen molar-refractivity contribution in [2.24, 2.45) is 51.6 Å². The number of carbonyl (C=O) groups is 3. The molecule has 0 heterocycles. The highest BCUT2D eigenvalue weighted by Crippen LogP contribution is 2.70. The number of benzene rings is 1. The number of rotatable bonds is 13. The van der Waals surface area contributed by atoms with Gasteiger partial charge in [0.1, 0.15) is 0 Å². The van der Waals surface area contributed by atoms with Crippen molar-refractivity contribution < 1.29 is 24.6 Å². The van der Waals surface area contributed by atoms with Crippen molar-refractivity contribution in [3.05, 3.63) is 48.0 Å². The fourth-order valence-corrected chi connectivity index (χ4v) is 11.4. The summed E-state index contributed by atoms with van der Waals surface area (Å²) in [4.78, 5) is 32.5. The van der Waals surface area contributed by atoms with Crippen molar-refractivity contribution in [3.63, 3.8) is 0 Å². The van der Waals surface area contributed by atoms with Crippen LogP contribution in [-0.4, -0.2) is 41.1 Å². The minimum Gasteiger partial charge on any atom is -0.481 e. The van der Waals surface area contributed by atoms with E-state index in [0.29, 0.717) is 36.1 Å². The smallest absolute Gasteiger partial charge is 0.303 e. The Kier molecular flexibility index (Phi) is 16.1. The molecule has 8 atom stereocenters. The molecule has 4 saturated carbocycles. The molecule has 1 aromatic rings. The van der Waals surface area contributed by atoms with Crippen LogP contribution in [-0.2, 0) is 16.0 Å². The molecule has 0 aliphatic heterocycles. The molecule has 1 aromatic carbocycles. The SMILES string of the molecule is C=CC.CC(C)CCCC1(C)C(O)CCC2(C)C3CCC4(CCc5ccccc5C(=O)NCCCCC(=O)O)CCCC4C3CCC12.NC=O. The Bertz CT molecular complexity index is 1240. The fraction of sp³-hybridized carbons (Fsp3) is 0.744. The number of nitrogens with one attached hydrogen (secondary N) is 1. The molecule has 0 aromatic heterocycles. The molecule has 4 fully saturated rings. The molecule has 0 spiro atoms. The van der Waals surface area contributed by atoms with E-state index in [0.717, 1.165) is 47.6 Å². The quantitative estimate of drug-likeness (QED) is 0.0930. The Labute approximate surface area is 303 Å². The van der Waals surface area contributed by atoms with Gasteiger partial charge < -0.3 is 21.3 Å². The van der Waals surface area contributed by atoms with E-state index in [1.54, 1.807) is 6.08 Å². The van der Waals surface area contributed by atoms with E-state index in [2.05, 4.69) is 57.5 Å². The van der Waals surface area contributed by atoms with Crippen molar-refractivity contribution in [1.29, 1.82) is 0 Å². The lowest BCUT2D eigenvalue weighted by Crippen LogP contribution is -2.59. The van der Waals surface area contributed by atoms with Crippen LogP contribution in [0.25, 0.3) is 0 Å². The first-order valence-electron chi connectivity index (χ1n) is 19.8. The third-order valence-corrected chi connectivity index (χ3v) is 13.7. The predicted octanol–water partition coefficient (Wildman–Crippen LogP) is 9.11. The van der Waals surface area contributed by atoms with Crippen LogP contribution in [0.1, 0.15) is 153 Å². The largest absolute Gasteiger partial charge is 0.481 e. The predicted molar refractivity (Wildman–Crippen MR) is 204 cm³/mol. The van der Waals surface area contributed by atoms with Gasteiger partial charge in [0.05, 0.1) is 6.10 Å². The number of carboxylic acid groups (broad SMARTS) is 1. The second-order valence-corrected chi connectivity index (χ2v) is 17.0. The van der Waals surface area contributed by atoms with Gasteiger partial charge in [0, 0.05) is 18.5 Å². The molecular weight excluding hydrogens is 624 g/mol. The lowest BCUT2D eigenvalue weighted by atomic mass is 9.40. The van der Waals surface area contributed by atoms with Crippen LogP contribution in [0.5, 0.6) is 0 Å². The summed E-state index contributed by atoms with van der Waals surface area (Å²) in [5, 5.41) is 23.3. The number of allylic oxidation sites excluding steroid dienone is 1. The van der Waals surface area contributed by atoms with E-state index in [1.807, 2.05) is 19.1 Å². The number of amides is 2. The van der Waals surface area contributed by atoms with E-state index < -0.39 is 5.97 Å². The molecule has 4 aliphatic carbocycles. The Morgan fingerprint density at radius 2 is 1.70 bits per heavy atom. The average Bonchev–Trinajstić information content (AvgIpc) is 3.51. The highest BCUT2D eigenvalue weighted by Gasteiger charge is 2.63. The summed E-state index contributed by atoms with van der Waals surface area (Å²) in [7, 11) is 0. The number of fused-ring (bicyclic) bond motifs is 5. The van der Waals surface area contributed by atoms with Gasteiger partial charge >= 0.3 is 5.97 Å². The lowest BCUT2D eigenvalue weighted by Gasteiger charge is -2.65. The van der Waals surface area contributed by atoms with Gasteiger partial charge in [-0.25, -0.2) is 0 Å². The molecule has 5 N–H and O–H groups in total. The van der Waals surface area contributed by atoms with Crippen LogP contribution in [0.15, 0.2) is 36.9 Å². The van der Waals surface area contributed by atoms with Crippen LogP contribution in [0, 0.1) is 45.8 Å². The second kappa shape index (κ2) is 19.2. The topological polar surface area (TPSA) is 130 Å². The summed E-state index contributed by atoms with van der Waals surface area (Å²) >= 11 is 0. The van der Waals surface area contributed by atoms with Gasteiger partial charge in [0.2, 0.25) is 6.41 Å². The number of aliphatic carboxylic acids is 1. The average molecular weight is 695 g/mol. The van der Waals surface area contributed by atoms with Gasteiger partial charge in [-0.1, -0.05) is 71.2 Å². The lowest BCUT2D eigenvalue weighted by molar-refractivity contribution is -0.185. The van der Waals surface area contributed by atoms with Crippen LogP contribution >= 0.6 is 0 Å². The summed E-state index contributed by atoms with van der Waals surface area (Å²) in [5.74, 6) is 2.95. The Morgan fingerprint density at radius 3 is 2.38 bits per heavy atom. The summed E-state index contributed by atoms with van der Waals surface area (Å²) < 4.78 is 0. The number of carbonyl (C=O) groups excluding carboxylic acids is 2. The molecule has 0 radical (unpaired) electrons. The van der Waals surface area contributed by atoms with Crippen LogP contribution in [0.3, 0.4) is 0 Å². The molecule has 0 saturated heterocycles. The molecule has 7 nitrogen and oxygen atoms in total. The van der Waals surface area contributed by atoms with E-state index in [-0.39, 0.29) is 30.3 Å². The standard InChI is InChI=1S/C39H61NO4.C3H6.CH3NO/c1-27(2)11-9-21-38(4)33-17-16-30-31(37(33,3)23-20-34(38)41)19-25-39(22-10-14-32(30)39)24-18-28-12-5-6-13-29(28)36(44)40-26-8-7-15-35(42)43;1-3-2;2-1-3/h5-6,12-13,27,30-34,41H,7-11,14-26H2,1-4H3,(H,40,44)(H,42,43);3H,1H2,2H3;1H,(H2,2,3). The van der Waals surface area contributed by atoms with E-state index >= 15 is 0 Å². The first kappa shape index (κ1) is 41.7. The summed E-state index contributed by atoms with van der Waals surface area (Å²) in [6.07, 6.45) is 20.6. The number of aliphatic hydroxyl groups excluding tert-OH is 1. The number of aliphatic hydroxyl groups is 1. The Balaban J connectivity index is 0.00000105. The van der Waals surface area contributed by atoms with Gasteiger partial charge in [-0.05, 0) is 148 Å². The first-order chi connectivity index (χ1) is 23.8. The number of hydrogen-bond acceptors (Lipinski definition) is 4. The summed E-state index contributed by atoms with van der Waals surface area (Å²) in [6, 6.07) is 8.13. The van der Waals surface area contributed by atoms with Crippen molar-refractivity contribution in [1.82, 2.24) is 5.32 Å². The van der Waals surface area contributed by atoms with E-state index in [9.17, 15) is 14.7 Å². The third kappa shape index (κ3) is 9.80. The van der Waals surface area contributed by atoms with Gasteiger partial charge in [-0.2, -0.15) is 0 Å². The van der Waals surface area contributed by atoms with Crippen molar-refractivity contribution in [2.45, 2.75) is 150 Å². The Morgan fingerprint density at radius 1 is 1.00 bits per heavy atom. The number of primary amides is 1. The van der Waals surface area contributed by atoms with Crippen molar-refractivity contribution in [2.75, 3.05) is 6.54 Å². The van der Waals surface area contributed by atoms with Crippen LogP contribution in [0.2, 0.25) is 0 Å². The molecule has 50 heavy (non-hydrogen) atoms. The minimum absolute atomic E-state index is 0.0257. The maximum absolute atomic E-state index is 13.1. The molecule has 2 amide bonds. The number of nitrogens with two attached hydrogens (primary N) is 1. The summed E-state index contributed by atoms with van der Waals surface area (Å²) in [6.45, 7) is 15.5. The third-order valence-electron chi connectivity index (χ3n) is 13.7. The highest BCUT2D eigenvalue weighted by molar-refractivity contribution is 5.95. The summed E-state index contributed by atoms with van der Waals surface area (Å²) in [5.41, 5.74) is 6.91. The fourth-order valence-electron chi connectivity index (χ4n) is 11.4. The molecule has 0 bridgehead atoms. The zero-order valence-corrected chi connectivity index (χ0v) is 32.1. The molecule has 4 aliphatic rings. The molecule has 282 valence electrons. The van der Waals surface area contributed by atoms with Crippen molar-refractivity contribution >= 4 is 18.3 Å². The van der Waals surface area contributed by atoms with Gasteiger partial charge in [-0.15, -0.1) is 6.58 Å². The van der Waals surface area contributed by atoms with Crippen LogP contribution < -0.4 is 11.1 Å². The van der Waals surface area contributed by atoms with Crippen molar-refractivity contribution in [3.8, 4) is 0 Å². The molecule has 8 unspecified atom stereocenters. The van der Waals surface area contributed by atoms with E-state index in [4.69, 9.17) is 9.90 Å². The number of hydrogen-bond donors (Lipinski definition) is 4. The molecule has 7 heteroatoms. The zero-order valence-electron chi connectivity index (χ0n) is 32.1.